The normalized spacial score (nSPS) is 15.5. The summed E-state index contributed by atoms with van der Waals surface area (Å²) < 4.78 is 6.29. The van der Waals surface area contributed by atoms with Crippen molar-refractivity contribution in [3.8, 4) is 5.75 Å². The maximum Gasteiger partial charge on any atom is 0.200 e. The SMILES string of the molecule is COc1ccc(Br)cc1C=C1Sc2ccccc2C1=O. The Morgan fingerprint density at radius 2 is 2.00 bits per heavy atom. The molecule has 0 saturated heterocycles. The Bertz CT molecular complexity index is 722. The van der Waals surface area contributed by atoms with Gasteiger partial charge >= 0.3 is 0 Å². The summed E-state index contributed by atoms with van der Waals surface area (Å²) in [5.41, 5.74) is 1.67. The number of hydrogen-bond acceptors (Lipinski definition) is 3. The van der Waals surface area contributed by atoms with Crippen molar-refractivity contribution in [3.63, 3.8) is 0 Å². The molecule has 0 radical (unpaired) electrons. The van der Waals surface area contributed by atoms with E-state index in [-0.39, 0.29) is 5.78 Å². The maximum atomic E-state index is 12.3. The van der Waals surface area contributed by atoms with Gasteiger partial charge in [0.05, 0.1) is 12.0 Å². The van der Waals surface area contributed by atoms with Crippen molar-refractivity contribution in [3.05, 3.63) is 63.0 Å². The molecule has 1 aliphatic heterocycles. The van der Waals surface area contributed by atoms with Crippen LogP contribution in [0.2, 0.25) is 0 Å². The van der Waals surface area contributed by atoms with Gasteiger partial charge < -0.3 is 4.74 Å². The molecule has 0 bridgehead atoms. The zero-order valence-corrected chi connectivity index (χ0v) is 13.1. The van der Waals surface area contributed by atoms with Gasteiger partial charge in [-0.3, -0.25) is 4.79 Å². The molecule has 2 aromatic rings. The van der Waals surface area contributed by atoms with Crippen LogP contribution in [0.4, 0.5) is 0 Å². The number of ketones is 1. The van der Waals surface area contributed by atoms with Crippen LogP contribution in [0.1, 0.15) is 15.9 Å². The van der Waals surface area contributed by atoms with Gasteiger partial charge in [0.25, 0.3) is 0 Å². The quantitative estimate of drug-likeness (QED) is 0.731. The molecule has 2 nitrogen and oxygen atoms in total. The van der Waals surface area contributed by atoms with E-state index < -0.39 is 0 Å². The van der Waals surface area contributed by atoms with E-state index in [1.807, 2.05) is 48.5 Å². The van der Waals surface area contributed by atoms with Gasteiger partial charge in [-0.1, -0.05) is 39.8 Å². The summed E-state index contributed by atoms with van der Waals surface area (Å²) in [6.07, 6.45) is 1.89. The Morgan fingerprint density at radius 1 is 1.20 bits per heavy atom. The molecule has 0 unspecified atom stereocenters. The van der Waals surface area contributed by atoms with E-state index in [1.54, 1.807) is 7.11 Å². The van der Waals surface area contributed by atoms with Crippen molar-refractivity contribution in [2.75, 3.05) is 7.11 Å². The van der Waals surface area contributed by atoms with Gasteiger partial charge in [-0.05, 0) is 36.4 Å². The standard InChI is InChI=1S/C16H11BrO2S/c1-19-13-7-6-11(17)8-10(13)9-15-16(18)12-4-2-3-5-14(12)20-15/h2-9H,1H3. The average molecular weight is 347 g/mol. The molecule has 20 heavy (non-hydrogen) atoms. The fourth-order valence-corrected chi connectivity index (χ4v) is 3.52. The molecule has 0 spiro atoms. The molecule has 0 amide bonds. The molecule has 0 N–H and O–H groups in total. The van der Waals surface area contributed by atoms with Gasteiger partial charge in [0.1, 0.15) is 5.75 Å². The number of allylic oxidation sites excluding steroid dienone is 1. The molecule has 0 aliphatic carbocycles. The Hall–Kier alpha value is -1.52. The lowest BCUT2D eigenvalue weighted by Gasteiger charge is -2.05. The molecule has 1 heterocycles. The highest BCUT2D eigenvalue weighted by molar-refractivity contribution is 9.10. The first-order valence-corrected chi connectivity index (χ1v) is 7.67. The number of hydrogen-bond donors (Lipinski definition) is 0. The van der Waals surface area contributed by atoms with E-state index in [2.05, 4.69) is 15.9 Å². The average Bonchev–Trinajstić information content (AvgIpc) is 2.76. The smallest absolute Gasteiger partial charge is 0.200 e. The summed E-state index contributed by atoms with van der Waals surface area (Å²) in [5.74, 6) is 0.831. The molecule has 0 atom stereocenters. The van der Waals surface area contributed by atoms with Crippen molar-refractivity contribution in [2.24, 2.45) is 0 Å². The van der Waals surface area contributed by atoms with Crippen molar-refractivity contribution in [1.29, 1.82) is 0 Å². The molecule has 4 heteroatoms. The van der Waals surface area contributed by atoms with Crippen molar-refractivity contribution in [1.82, 2.24) is 0 Å². The number of carbonyl (C=O) groups excluding carboxylic acids is 1. The number of carbonyl (C=O) groups is 1. The minimum absolute atomic E-state index is 0.0765. The summed E-state index contributed by atoms with van der Waals surface area (Å²) in [5, 5.41) is 0. The number of fused-ring (bicyclic) bond motifs is 1. The largest absolute Gasteiger partial charge is 0.496 e. The predicted octanol–water partition coefficient (Wildman–Crippen LogP) is 4.79. The number of halogens is 1. The lowest BCUT2D eigenvalue weighted by atomic mass is 10.1. The molecular weight excluding hydrogens is 336 g/mol. The van der Waals surface area contributed by atoms with E-state index in [0.29, 0.717) is 0 Å². The lowest BCUT2D eigenvalue weighted by molar-refractivity contribution is 0.104. The fourth-order valence-electron chi connectivity index (χ4n) is 2.10. The predicted molar refractivity (Wildman–Crippen MR) is 85.3 cm³/mol. The highest BCUT2D eigenvalue weighted by Crippen LogP contribution is 2.41. The number of rotatable bonds is 2. The van der Waals surface area contributed by atoms with Crippen LogP contribution in [0.3, 0.4) is 0 Å². The van der Waals surface area contributed by atoms with Crippen molar-refractivity contribution >= 4 is 39.6 Å². The topological polar surface area (TPSA) is 26.3 Å². The third kappa shape index (κ3) is 2.41. The number of benzene rings is 2. The number of methoxy groups -OCH3 is 1. The van der Waals surface area contributed by atoms with E-state index in [4.69, 9.17) is 4.74 Å². The van der Waals surface area contributed by atoms with Gasteiger partial charge in [-0.2, -0.15) is 0 Å². The third-order valence-electron chi connectivity index (χ3n) is 3.05. The van der Waals surface area contributed by atoms with Crippen LogP contribution < -0.4 is 4.74 Å². The monoisotopic (exact) mass is 346 g/mol. The summed E-state index contributed by atoms with van der Waals surface area (Å²) in [6.45, 7) is 0. The Balaban J connectivity index is 2.03. The third-order valence-corrected chi connectivity index (χ3v) is 4.65. The summed E-state index contributed by atoms with van der Waals surface area (Å²) in [6, 6.07) is 13.4. The molecule has 2 aromatic carbocycles. The number of Topliss-reactive ketones (excluding diaryl/α,β-unsaturated/α-hetero) is 1. The molecule has 100 valence electrons. The van der Waals surface area contributed by atoms with Crippen molar-refractivity contribution < 1.29 is 9.53 Å². The molecule has 0 saturated carbocycles. The van der Waals surface area contributed by atoms with Crippen LogP contribution in [0.5, 0.6) is 5.75 Å². The van der Waals surface area contributed by atoms with Crippen molar-refractivity contribution in [2.45, 2.75) is 4.90 Å². The second-order valence-corrected chi connectivity index (χ2v) is 6.32. The molecule has 3 rings (SSSR count). The van der Waals surface area contributed by atoms with Gasteiger partial charge in [0, 0.05) is 20.5 Å². The minimum atomic E-state index is 0.0765. The first kappa shape index (κ1) is 13.5. The van der Waals surface area contributed by atoms with Crippen LogP contribution in [-0.2, 0) is 0 Å². The first-order chi connectivity index (χ1) is 9.69. The maximum absolute atomic E-state index is 12.3. The highest BCUT2D eigenvalue weighted by Gasteiger charge is 2.25. The van der Waals surface area contributed by atoms with E-state index in [1.165, 1.54) is 11.8 Å². The van der Waals surface area contributed by atoms with Crippen LogP contribution >= 0.6 is 27.7 Å². The molecule has 0 fully saturated rings. The van der Waals surface area contributed by atoms with Crippen LogP contribution in [0.25, 0.3) is 6.08 Å². The number of thioether (sulfide) groups is 1. The molecule has 0 aromatic heterocycles. The number of ether oxygens (including phenoxy) is 1. The van der Waals surface area contributed by atoms with Gasteiger partial charge in [0.15, 0.2) is 0 Å². The van der Waals surface area contributed by atoms with E-state index in [0.717, 1.165) is 31.1 Å². The zero-order valence-electron chi connectivity index (χ0n) is 10.7. The fraction of sp³-hybridized carbons (Fsp3) is 0.0625. The second kappa shape index (κ2) is 5.46. The van der Waals surface area contributed by atoms with Gasteiger partial charge in [-0.25, -0.2) is 0 Å². The van der Waals surface area contributed by atoms with Crippen LogP contribution in [0, 0.1) is 0 Å². The summed E-state index contributed by atoms with van der Waals surface area (Å²) in [7, 11) is 1.63. The van der Waals surface area contributed by atoms with Crippen LogP contribution in [-0.4, -0.2) is 12.9 Å². The zero-order chi connectivity index (χ0) is 14.1. The minimum Gasteiger partial charge on any atom is -0.496 e. The molecular formula is C16H11BrO2S. The Morgan fingerprint density at radius 3 is 2.75 bits per heavy atom. The Kier molecular flexibility index (Phi) is 3.68. The summed E-state index contributed by atoms with van der Waals surface area (Å²) >= 11 is 4.95. The second-order valence-electron chi connectivity index (χ2n) is 4.32. The van der Waals surface area contributed by atoms with Gasteiger partial charge in [0.2, 0.25) is 5.78 Å². The first-order valence-electron chi connectivity index (χ1n) is 6.06. The lowest BCUT2D eigenvalue weighted by Crippen LogP contribution is -1.94. The van der Waals surface area contributed by atoms with Gasteiger partial charge in [-0.15, -0.1) is 0 Å². The van der Waals surface area contributed by atoms with Crippen LogP contribution in [0.15, 0.2) is 56.7 Å². The highest BCUT2D eigenvalue weighted by atomic mass is 79.9. The van der Waals surface area contributed by atoms with E-state index >= 15 is 0 Å². The van der Waals surface area contributed by atoms with E-state index in [9.17, 15) is 4.79 Å². The molecule has 1 aliphatic rings. The Labute approximate surface area is 130 Å². The summed E-state index contributed by atoms with van der Waals surface area (Å²) in [4.78, 5) is 14.1.